The molecule has 24 heavy (non-hydrogen) atoms. The summed E-state index contributed by atoms with van der Waals surface area (Å²) < 4.78 is 1.89. The molecule has 0 radical (unpaired) electrons. The molecule has 1 unspecified atom stereocenters. The molecule has 8 heteroatoms. The first kappa shape index (κ1) is 16.2. The Balaban J connectivity index is 1.99. The second-order valence-corrected chi connectivity index (χ2v) is 6.30. The summed E-state index contributed by atoms with van der Waals surface area (Å²) in [7, 11) is 1.58. The van der Waals surface area contributed by atoms with Crippen LogP contribution in [0.5, 0.6) is 0 Å². The predicted octanol–water partition coefficient (Wildman–Crippen LogP) is 0.809. The molecule has 3 rings (SSSR count). The largest absolute Gasteiger partial charge is 0.364 e. The van der Waals surface area contributed by atoms with Crippen LogP contribution >= 0.6 is 0 Å². The van der Waals surface area contributed by atoms with Crippen LogP contribution in [0, 0.1) is 6.92 Å². The molecule has 0 spiro atoms. The molecule has 0 aromatic carbocycles. The number of fused-ring (bicyclic) bond motifs is 1. The van der Waals surface area contributed by atoms with Gasteiger partial charge in [0, 0.05) is 18.9 Å². The molecular formula is C16H22N6O2. The summed E-state index contributed by atoms with van der Waals surface area (Å²) in [6.45, 7) is 6.52. The van der Waals surface area contributed by atoms with E-state index in [4.69, 9.17) is 0 Å². The second kappa shape index (κ2) is 6.10. The Kier molecular flexibility index (Phi) is 4.13. The molecule has 0 saturated heterocycles. The van der Waals surface area contributed by atoms with Crippen LogP contribution in [0.1, 0.15) is 47.5 Å². The van der Waals surface area contributed by atoms with E-state index in [1.54, 1.807) is 24.2 Å². The van der Waals surface area contributed by atoms with E-state index < -0.39 is 6.04 Å². The molecule has 2 aromatic heterocycles. The van der Waals surface area contributed by atoms with Crippen molar-refractivity contribution < 1.29 is 9.59 Å². The van der Waals surface area contributed by atoms with Crippen molar-refractivity contribution in [1.82, 2.24) is 30.0 Å². The zero-order valence-electron chi connectivity index (χ0n) is 14.3. The van der Waals surface area contributed by atoms with Gasteiger partial charge in [-0.05, 0) is 18.9 Å². The SMILES string of the molecule is CNC(=O)C1Cn2c(C)nnc2CN1C(=O)c1cc[nH]c1C(C)C. The van der Waals surface area contributed by atoms with Gasteiger partial charge in [-0.2, -0.15) is 0 Å². The van der Waals surface area contributed by atoms with Crippen LogP contribution in [0.15, 0.2) is 12.3 Å². The smallest absolute Gasteiger partial charge is 0.256 e. The van der Waals surface area contributed by atoms with Gasteiger partial charge in [0.05, 0.1) is 18.7 Å². The van der Waals surface area contributed by atoms with Gasteiger partial charge in [0.15, 0.2) is 5.82 Å². The maximum absolute atomic E-state index is 13.1. The number of carbonyl (C=O) groups is 2. The third-order valence-electron chi connectivity index (χ3n) is 4.45. The number of carbonyl (C=O) groups excluding carboxylic acids is 2. The third kappa shape index (κ3) is 2.57. The number of aryl methyl sites for hydroxylation is 1. The number of aromatic nitrogens is 4. The van der Waals surface area contributed by atoms with Gasteiger partial charge < -0.3 is 19.8 Å². The first-order valence-electron chi connectivity index (χ1n) is 8.02. The van der Waals surface area contributed by atoms with Crippen molar-refractivity contribution in [2.45, 2.75) is 45.8 Å². The second-order valence-electron chi connectivity index (χ2n) is 6.30. The summed E-state index contributed by atoms with van der Waals surface area (Å²) in [5.41, 5.74) is 1.47. The topological polar surface area (TPSA) is 95.9 Å². The zero-order valence-corrected chi connectivity index (χ0v) is 14.3. The van der Waals surface area contributed by atoms with E-state index in [0.29, 0.717) is 17.9 Å². The summed E-state index contributed by atoms with van der Waals surface area (Å²) in [5.74, 6) is 1.27. The zero-order chi connectivity index (χ0) is 17.4. The molecule has 0 bridgehead atoms. The highest BCUT2D eigenvalue weighted by atomic mass is 16.2. The van der Waals surface area contributed by atoms with E-state index in [-0.39, 0.29) is 24.3 Å². The fourth-order valence-electron chi connectivity index (χ4n) is 3.12. The number of hydrogen-bond acceptors (Lipinski definition) is 4. The Morgan fingerprint density at radius 1 is 1.38 bits per heavy atom. The van der Waals surface area contributed by atoms with E-state index in [1.807, 2.05) is 25.3 Å². The summed E-state index contributed by atoms with van der Waals surface area (Å²) in [5, 5.41) is 10.8. The van der Waals surface area contributed by atoms with E-state index in [9.17, 15) is 9.59 Å². The number of rotatable bonds is 3. The normalized spacial score (nSPS) is 17.0. The van der Waals surface area contributed by atoms with Gasteiger partial charge in [-0.15, -0.1) is 10.2 Å². The Morgan fingerprint density at radius 2 is 2.12 bits per heavy atom. The first-order chi connectivity index (χ1) is 11.4. The molecule has 2 aromatic rings. The molecule has 1 aliphatic heterocycles. The molecule has 2 N–H and O–H groups in total. The lowest BCUT2D eigenvalue weighted by Gasteiger charge is -2.35. The number of hydrogen-bond donors (Lipinski definition) is 2. The monoisotopic (exact) mass is 330 g/mol. The number of H-pyrrole nitrogens is 1. The molecule has 0 saturated carbocycles. The van der Waals surface area contributed by atoms with Gasteiger partial charge in [0.1, 0.15) is 11.9 Å². The maximum Gasteiger partial charge on any atom is 0.256 e. The van der Waals surface area contributed by atoms with Crippen molar-refractivity contribution >= 4 is 11.8 Å². The highest BCUT2D eigenvalue weighted by Crippen LogP contribution is 2.24. The highest BCUT2D eigenvalue weighted by molar-refractivity contribution is 5.98. The predicted molar refractivity (Wildman–Crippen MR) is 87.4 cm³/mol. The Bertz CT molecular complexity index is 775. The first-order valence-corrected chi connectivity index (χ1v) is 8.02. The molecule has 128 valence electrons. The summed E-state index contributed by atoms with van der Waals surface area (Å²) in [6, 6.07) is 1.18. The van der Waals surface area contributed by atoms with Crippen molar-refractivity contribution in [3.63, 3.8) is 0 Å². The summed E-state index contributed by atoms with van der Waals surface area (Å²) >= 11 is 0. The van der Waals surface area contributed by atoms with Crippen LogP contribution in [0.3, 0.4) is 0 Å². The van der Waals surface area contributed by atoms with Crippen LogP contribution in [0.4, 0.5) is 0 Å². The van der Waals surface area contributed by atoms with Crippen LogP contribution in [0.25, 0.3) is 0 Å². The van der Waals surface area contributed by atoms with E-state index >= 15 is 0 Å². The lowest BCUT2D eigenvalue weighted by atomic mass is 10.0. The van der Waals surface area contributed by atoms with Crippen molar-refractivity contribution in [2.75, 3.05) is 7.05 Å². The average molecular weight is 330 g/mol. The number of likely N-dealkylation sites (N-methyl/N-ethyl adjacent to an activating group) is 1. The molecule has 0 aliphatic carbocycles. The minimum atomic E-state index is -0.584. The number of nitrogens with one attached hydrogen (secondary N) is 2. The fraction of sp³-hybridized carbons (Fsp3) is 0.500. The van der Waals surface area contributed by atoms with Crippen molar-refractivity contribution in [2.24, 2.45) is 0 Å². The van der Waals surface area contributed by atoms with Gasteiger partial charge in [-0.3, -0.25) is 9.59 Å². The average Bonchev–Trinajstić information content (AvgIpc) is 3.19. The summed E-state index contributed by atoms with van der Waals surface area (Å²) in [4.78, 5) is 30.2. The minimum Gasteiger partial charge on any atom is -0.364 e. The standard InChI is InChI=1S/C16H22N6O2/c1-9(2)14-11(5-6-18-14)16(24)22-8-13-20-19-10(3)21(13)7-12(22)15(23)17-4/h5-6,9,12,18H,7-8H2,1-4H3,(H,17,23). The lowest BCUT2D eigenvalue weighted by Crippen LogP contribution is -2.53. The van der Waals surface area contributed by atoms with E-state index in [0.717, 1.165) is 11.5 Å². The molecular weight excluding hydrogens is 308 g/mol. The van der Waals surface area contributed by atoms with Gasteiger partial charge >= 0.3 is 0 Å². The Morgan fingerprint density at radius 3 is 2.79 bits per heavy atom. The van der Waals surface area contributed by atoms with Crippen molar-refractivity contribution in [3.05, 3.63) is 35.2 Å². The maximum atomic E-state index is 13.1. The van der Waals surface area contributed by atoms with Crippen LogP contribution in [-0.4, -0.2) is 49.6 Å². The van der Waals surface area contributed by atoms with E-state index in [1.165, 1.54) is 0 Å². The quantitative estimate of drug-likeness (QED) is 0.870. The third-order valence-corrected chi connectivity index (χ3v) is 4.45. The Labute approximate surface area is 140 Å². The van der Waals surface area contributed by atoms with Gasteiger partial charge in [-0.25, -0.2) is 0 Å². The Hall–Kier alpha value is -2.64. The van der Waals surface area contributed by atoms with Crippen LogP contribution in [0.2, 0.25) is 0 Å². The summed E-state index contributed by atoms with van der Waals surface area (Å²) in [6.07, 6.45) is 1.76. The van der Waals surface area contributed by atoms with Gasteiger partial charge in [-0.1, -0.05) is 13.8 Å². The van der Waals surface area contributed by atoms with Crippen LogP contribution in [-0.2, 0) is 17.9 Å². The molecule has 3 heterocycles. The number of nitrogens with zero attached hydrogens (tertiary/aromatic N) is 4. The molecule has 8 nitrogen and oxygen atoms in total. The molecule has 0 fully saturated rings. The van der Waals surface area contributed by atoms with Crippen molar-refractivity contribution in [3.8, 4) is 0 Å². The van der Waals surface area contributed by atoms with Gasteiger partial charge in [0.25, 0.3) is 5.91 Å². The number of amides is 2. The van der Waals surface area contributed by atoms with Crippen LogP contribution < -0.4 is 5.32 Å². The van der Waals surface area contributed by atoms with Gasteiger partial charge in [0.2, 0.25) is 5.91 Å². The molecule has 1 atom stereocenters. The fourth-order valence-corrected chi connectivity index (χ4v) is 3.12. The van der Waals surface area contributed by atoms with Crippen molar-refractivity contribution in [1.29, 1.82) is 0 Å². The minimum absolute atomic E-state index is 0.166. The molecule has 1 aliphatic rings. The molecule has 2 amide bonds. The highest BCUT2D eigenvalue weighted by Gasteiger charge is 2.37. The van der Waals surface area contributed by atoms with E-state index in [2.05, 4.69) is 20.5 Å². The lowest BCUT2D eigenvalue weighted by molar-refractivity contribution is -0.126. The number of aromatic amines is 1.